The quantitative estimate of drug-likeness (QED) is 0.846. The molecule has 21 heavy (non-hydrogen) atoms. The van der Waals surface area contributed by atoms with Crippen molar-refractivity contribution in [3.63, 3.8) is 0 Å². The van der Waals surface area contributed by atoms with Crippen molar-refractivity contribution in [1.82, 2.24) is 15.1 Å². The average molecular weight is 304 g/mol. The van der Waals surface area contributed by atoms with Crippen molar-refractivity contribution in [2.75, 3.05) is 12.4 Å². The van der Waals surface area contributed by atoms with Crippen LogP contribution in [0.1, 0.15) is 17.3 Å². The van der Waals surface area contributed by atoms with Crippen LogP contribution in [0.4, 0.5) is 5.69 Å². The van der Waals surface area contributed by atoms with Gasteiger partial charge in [0.1, 0.15) is 5.75 Å². The largest absolute Gasteiger partial charge is 0.497 e. The standard InChI is InChI=1S/C14H16N4O2S/c1-3-18-9-10(8-15-18)13(19)17-14(21)16-11-5-4-6-12(7-11)20-2/h4-9H,3H2,1-2H3,(H2,16,17,19,21). The number of hydrogen-bond donors (Lipinski definition) is 2. The molecule has 110 valence electrons. The Kier molecular flexibility index (Phi) is 4.89. The Balaban J connectivity index is 1.96. The molecule has 7 heteroatoms. The molecule has 0 radical (unpaired) electrons. The summed E-state index contributed by atoms with van der Waals surface area (Å²) in [6.45, 7) is 2.66. The van der Waals surface area contributed by atoms with Crippen LogP contribution < -0.4 is 15.4 Å². The Labute approximate surface area is 128 Å². The summed E-state index contributed by atoms with van der Waals surface area (Å²) in [5, 5.41) is 9.80. The molecular weight excluding hydrogens is 288 g/mol. The van der Waals surface area contributed by atoms with E-state index in [2.05, 4.69) is 15.7 Å². The number of nitrogens with one attached hydrogen (secondary N) is 2. The number of nitrogens with zero attached hydrogens (tertiary/aromatic N) is 2. The predicted molar refractivity (Wildman–Crippen MR) is 84.6 cm³/mol. The molecule has 0 saturated carbocycles. The monoisotopic (exact) mass is 304 g/mol. The summed E-state index contributed by atoms with van der Waals surface area (Å²) in [5.41, 5.74) is 1.20. The molecule has 1 amide bonds. The molecule has 0 atom stereocenters. The molecule has 1 aromatic heterocycles. The number of carbonyl (C=O) groups is 1. The van der Waals surface area contributed by atoms with E-state index in [1.165, 1.54) is 6.20 Å². The lowest BCUT2D eigenvalue weighted by Crippen LogP contribution is -2.33. The lowest BCUT2D eigenvalue weighted by molar-refractivity contribution is 0.0977. The maximum absolute atomic E-state index is 12.0. The Bertz CT molecular complexity index is 654. The van der Waals surface area contributed by atoms with Gasteiger partial charge in [0, 0.05) is 24.5 Å². The summed E-state index contributed by atoms with van der Waals surface area (Å²) in [6, 6.07) is 7.27. The van der Waals surface area contributed by atoms with Crippen molar-refractivity contribution < 1.29 is 9.53 Å². The number of hydrogen-bond acceptors (Lipinski definition) is 4. The molecule has 0 aliphatic carbocycles. The maximum atomic E-state index is 12.0. The van der Waals surface area contributed by atoms with Gasteiger partial charge in [-0.2, -0.15) is 5.10 Å². The first-order valence-electron chi connectivity index (χ1n) is 6.41. The van der Waals surface area contributed by atoms with Crippen LogP contribution in [0.5, 0.6) is 5.75 Å². The number of thiocarbonyl (C=S) groups is 1. The minimum absolute atomic E-state index is 0.220. The van der Waals surface area contributed by atoms with Gasteiger partial charge in [-0.3, -0.25) is 14.8 Å². The van der Waals surface area contributed by atoms with Crippen molar-refractivity contribution in [1.29, 1.82) is 0 Å². The van der Waals surface area contributed by atoms with E-state index in [9.17, 15) is 4.79 Å². The molecule has 2 aromatic rings. The number of aromatic nitrogens is 2. The minimum Gasteiger partial charge on any atom is -0.497 e. The lowest BCUT2D eigenvalue weighted by atomic mass is 10.3. The summed E-state index contributed by atoms with van der Waals surface area (Å²) >= 11 is 5.12. The molecule has 0 aliphatic rings. The summed E-state index contributed by atoms with van der Waals surface area (Å²) < 4.78 is 6.79. The number of rotatable bonds is 4. The van der Waals surface area contributed by atoms with E-state index in [-0.39, 0.29) is 11.0 Å². The number of ether oxygens (including phenoxy) is 1. The van der Waals surface area contributed by atoms with Gasteiger partial charge in [0.15, 0.2) is 5.11 Å². The minimum atomic E-state index is -0.296. The summed E-state index contributed by atoms with van der Waals surface area (Å²) in [6.07, 6.45) is 3.18. The second-order valence-corrected chi connectivity index (χ2v) is 4.63. The molecule has 0 spiro atoms. The fraction of sp³-hybridized carbons (Fsp3) is 0.214. The highest BCUT2D eigenvalue weighted by molar-refractivity contribution is 7.80. The van der Waals surface area contributed by atoms with Crippen LogP contribution in [-0.4, -0.2) is 27.9 Å². The number of anilines is 1. The van der Waals surface area contributed by atoms with Gasteiger partial charge in [-0.25, -0.2) is 0 Å². The van der Waals surface area contributed by atoms with Crippen LogP contribution in [0.15, 0.2) is 36.7 Å². The highest BCUT2D eigenvalue weighted by atomic mass is 32.1. The van der Waals surface area contributed by atoms with E-state index in [0.29, 0.717) is 17.9 Å². The van der Waals surface area contributed by atoms with E-state index in [1.54, 1.807) is 24.1 Å². The van der Waals surface area contributed by atoms with E-state index >= 15 is 0 Å². The SMILES string of the molecule is CCn1cc(C(=O)NC(=S)Nc2cccc(OC)c2)cn1. The Morgan fingerprint density at radius 3 is 2.95 bits per heavy atom. The van der Waals surface area contributed by atoms with Crippen molar-refractivity contribution >= 4 is 28.9 Å². The Morgan fingerprint density at radius 1 is 1.48 bits per heavy atom. The van der Waals surface area contributed by atoms with Crippen molar-refractivity contribution in [2.45, 2.75) is 13.5 Å². The number of benzene rings is 1. The predicted octanol–water partition coefficient (Wildman–Crippen LogP) is 2.04. The third kappa shape index (κ3) is 4.03. The van der Waals surface area contributed by atoms with Crippen LogP contribution in [0.3, 0.4) is 0 Å². The Morgan fingerprint density at radius 2 is 2.29 bits per heavy atom. The zero-order valence-electron chi connectivity index (χ0n) is 11.8. The van der Waals surface area contributed by atoms with Crippen LogP contribution in [0.2, 0.25) is 0 Å². The van der Waals surface area contributed by atoms with Crippen LogP contribution in [0, 0.1) is 0 Å². The Hall–Kier alpha value is -2.41. The molecule has 0 bridgehead atoms. The molecule has 0 saturated heterocycles. The maximum Gasteiger partial charge on any atom is 0.260 e. The van der Waals surface area contributed by atoms with Crippen molar-refractivity contribution in [3.8, 4) is 5.75 Å². The molecule has 2 rings (SSSR count). The second kappa shape index (κ2) is 6.85. The van der Waals surface area contributed by atoms with Crippen LogP contribution in [-0.2, 0) is 6.54 Å². The molecule has 0 aliphatic heterocycles. The molecule has 6 nitrogen and oxygen atoms in total. The van der Waals surface area contributed by atoms with Gasteiger partial charge in [-0.1, -0.05) is 6.07 Å². The fourth-order valence-corrected chi connectivity index (χ4v) is 1.90. The van der Waals surface area contributed by atoms with Crippen LogP contribution in [0.25, 0.3) is 0 Å². The van der Waals surface area contributed by atoms with E-state index in [1.807, 2.05) is 25.1 Å². The highest BCUT2D eigenvalue weighted by Gasteiger charge is 2.10. The van der Waals surface area contributed by atoms with E-state index in [0.717, 1.165) is 5.69 Å². The highest BCUT2D eigenvalue weighted by Crippen LogP contribution is 2.16. The van der Waals surface area contributed by atoms with Gasteiger partial charge in [0.25, 0.3) is 5.91 Å². The average Bonchev–Trinajstić information content (AvgIpc) is 2.96. The smallest absolute Gasteiger partial charge is 0.260 e. The molecule has 1 aromatic carbocycles. The number of methoxy groups -OCH3 is 1. The normalized spacial score (nSPS) is 10.0. The lowest BCUT2D eigenvalue weighted by Gasteiger charge is -2.09. The summed E-state index contributed by atoms with van der Waals surface area (Å²) in [5.74, 6) is 0.411. The number of aryl methyl sites for hydroxylation is 1. The zero-order chi connectivity index (χ0) is 15.2. The van der Waals surface area contributed by atoms with E-state index in [4.69, 9.17) is 17.0 Å². The van der Waals surface area contributed by atoms with Gasteiger partial charge in [0.05, 0.1) is 18.9 Å². The third-order valence-corrected chi connectivity index (χ3v) is 2.98. The molecule has 0 fully saturated rings. The van der Waals surface area contributed by atoms with Crippen LogP contribution >= 0.6 is 12.2 Å². The number of carbonyl (C=O) groups excluding carboxylic acids is 1. The van der Waals surface area contributed by atoms with E-state index < -0.39 is 0 Å². The molecule has 1 heterocycles. The van der Waals surface area contributed by atoms with Gasteiger partial charge in [0.2, 0.25) is 0 Å². The molecule has 0 unspecified atom stereocenters. The van der Waals surface area contributed by atoms with Gasteiger partial charge in [-0.15, -0.1) is 0 Å². The van der Waals surface area contributed by atoms with Gasteiger partial charge < -0.3 is 10.1 Å². The first kappa shape index (κ1) is 15.0. The van der Waals surface area contributed by atoms with Gasteiger partial charge >= 0.3 is 0 Å². The van der Waals surface area contributed by atoms with Crippen molar-refractivity contribution in [3.05, 3.63) is 42.2 Å². The number of amides is 1. The van der Waals surface area contributed by atoms with Crippen molar-refractivity contribution in [2.24, 2.45) is 0 Å². The topological polar surface area (TPSA) is 68.2 Å². The third-order valence-electron chi connectivity index (χ3n) is 2.77. The second-order valence-electron chi connectivity index (χ2n) is 4.22. The zero-order valence-corrected chi connectivity index (χ0v) is 12.6. The summed E-state index contributed by atoms with van der Waals surface area (Å²) in [4.78, 5) is 12.0. The molecular formula is C14H16N4O2S. The first-order valence-corrected chi connectivity index (χ1v) is 6.82. The first-order chi connectivity index (χ1) is 10.1. The van der Waals surface area contributed by atoms with Gasteiger partial charge in [-0.05, 0) is 31.3 Å². The fourth-order valence-electron chi connectivity index (χ4n) is 1.69. The molecule has 2 N–H and O–H groups in total. The summed E-state index contributed by atoms with van der Waals surface area (Å²) in [7, 11) is 1.59.